The number of rotatable bonds is 5. The summed E-state index contributed by atoms with van der Waals surface area (Å²) in [5.41, 5.74) is 1.33. The van der Waals surface area contributed by atoms with Crippen molar-refractivity contribution in [2.75, 3.05) is 19.6 Å². The van der Waals surface area contributed by atoms with E-state index < -0.39 is 16.1 Å². The number of carbonyl (C=O) groups is 1. The zero-order valence-corrected chi connectivity index (χ0v) is 18.5. The molecule has 0 radical (unpaired) electrons. The maximum atomic E-state index is 13.2. The first-order chi connectivity index (χ1) is 14.4. The molecule has 0 spiro atoms. The minimum atomic E-state index is -3.71. The van der Waals surface area contributed by atoms with Crippen LogP contribution in [-0.2, 0) is 21.2 Å². The SMILES string of the molecule is O=C(C1CCCN1S(=O)(=O)c1ccc(Cl)cc1)N1CCC(Cc2ccccc2)CC1. The summed E-state index contributed by atoms with van der Waals surface area (Å²) in [6.07, 6.45) is 4.22. The average molecular weight is 447 g/mol. The second-order valence-corrected chi connectivity index (χ2v) is 10.5. The summed E-state index contributed by atoms with van der Waals surface area (Å²) in [7, 11) is -3.71. The molecule has 2 fully saturated rings. The van der Waals surface area contributed by atoms with E-state index in [0.29, 0.717) is 43.4 Å². The van der Waals surface area contributed by atoms with Crippen molar-refractivity contribution in [1.82, 2.24) is 9.21 Å². The molecule has 1 amide bonds. The van der Waals surface area contributed by atoms with Crippen LogP contribution >= 0.6 is 11.6 Å². The number of nitrogens with zero attached hydrogens (tertiary/aromatic N) is 2. The van der Waals surface area contributed by atoms with E-state index in [0.717, 1.165) is 19.3 Å². The molecule has 0 saturated carbocycles. The second kappa shape index (κ2) is 9.08. The van der Waals surface area contributed by atoms with Crippen LogP contribution in [0.2, 0.25) is 5.02 Å². The number of sulfonamides is 1. The van der Waals surface area contributed by atoms with Crippen LogP contribution in [0, 0.1) is 5.92 Å². The van der Waals surface area contributed by atoms with Crippen molar-refractivity contribution in [3.05, 3.63) is 65.2 Å². The van der Waals surface area contributed by atoms with Gasteiger partial charge in [0, 0.05) is 24.7 Å². The Morgan fingerprint density at radius 3 is 2.27 bits per heavy atom. The highest BCUT2D eigenvalue weighted by Gasteiger charge is 2.41. The van der Waals surface area contributed by atoms with E-state index in [1.165, 1.54) is 22.0 Å². The van der Waals surface area contributed by atoms with Crippen molar-refractivity contribution >= 4 is 27.5 Å². The number of benzene rings is 2. The molecule has 1 atom stereocenters. The molecular weight excluding hydrogens is 420 g/mol. The molecule has 7 heteroatoms. The van der Waals surface area contributed by atoms with E-state index in [1.807, 2.05) is 11.0 Å². The van der Waals surface area contributed by atoms with E-state index in [4.69, 9.17) is 11.6 Å². The molecule has 4 rings (SSSR count). The van der Waals surface area contributed by atoms with E-state index in [2.05, 4.69) is 24.3 Å². The fourth-order valence-corrected chi connectivity index (χ4v) is 6.31. The summed E-state index contributed by atoms with van der Waals surface area (Å²) < 4.78 is 27.6. The van der Waals surface area contributed by atoms with Crippen molar-refractivity contribution < 1.29 is 13.2 Å². The molecule has 30 heavy (non-hydrogen) atoms. The largest absolute Gasteiger partial charge is 0.341 e. The van der Waals surface area contributed by atoms with Gasteiger partial charge in [0.2, 0.25) is 15.9 Å². The van der Waals surface area contributed by atoms with Crippen LogP contribution in [0.25, 0.3) is 0 Å². The van der Waals surface area contributed by atoms with E-state index in [-0.39, 0.29) is 10.8 Å². The van der Waals surface area contributed by atoms with Gasteiger partial charge in [0.25, 0.3) is 0 Å². The van der Waals surface area contributed by atoms with Crippen molar-refractivity contribution in [2.24, 2.45) is 5.92 Å². The van der Waals surface area contributed by atoms with Gasteiger partial charge in [0.1, 0.15) is 6.04 Å². The van der Waals surface area contributed by atoms with Gasteiger partial charge in [-0.15, -0.1) is 0 Å². The van der Waals surface area contributed by atoms with Gasteiger partial charge < -0.3 is 4.90 Å². The Labute approximate surface area is 183 Å². The van der Waals surface area contributed by atoms with Gasteiger partial charge in [0.05, 0.1) is 4.90 Å². The van der Waals surface area contributed by atoms with Crippen LogP contribution < -0.4 is 0 Å². The Morgan fingerprint density at radius 2 is 1.60 bits per heavy atom. The molecule has 1 unspecified atom stereocenters. The first kappa shape index (κ1) is 21.3. The minimum absolute atomic E-state index is 0.0526. The molecule has 5 nitrogen and oxygen atoms in total. The third-order valence-corrected chi connectivity index (χ3v) is 8.38. The Bertz CT molecular complexity index is 971. The van der Waals surface area contributed by atoms with Crippen molar-refractivity contribution in [2.45, 2.75) is 43.0 Å². The molecule has 2 aromatic carbocycles. The van der Waals surface area contributed by atoms with Gasteiger partial charge in [-0.25, -0.2) is 8.42 Å². The number of amides is 1. The molecule has 0 aromatic heterocycles. The third kappa shape index (κ3) is 4.56. The second-order valence-electron chi connectivity index (χ2n) is 8.19. The number of likely N-dealkylation sites (tertiary alicyclic amines) is 1. The lowest BCUT2D eigenvalue weighted by molar-refractivity contribution is -0.136. The van der Waals surface area contributed by atoms with Gasteiger partial charge >= 0.3 is 0 Å². The first-order valence-corrected chi connectivity index (χ1v) is 12.4. The van der Waals surface area contributed by atoms with Crippen LogP contribution in [-0.4, -0.2) is 49.2 Å². The Kier molecular flexibility index (Phi) is 6.46. The summed E-state index contributed by atoms with van der Waals surface area (Å²) in [5.74, 6) is 0.511. The van der Waals surface area contributed by atoms with Gasteiger partial charge in [-0.05, 0) is 67.9 Å². The minimum Gasteiger partial charge on any atom is -0.341 e. The van der Waals surface area contributed by atoms with Crippen molar-refractivity contribution in [3.8, 4) is 0 Å². The van der Waals surface area contributed by atoms with Crippen LogP contribution in [0.4, 0.5) is 0 Å². The van der Waals surface area contributed by atoms with E-state index in [9.17, 15) is 13.2 Å². The van der Waals surface area contributed by atoms with E-state index in [1.54, 1.807) is 12.1 Å². The predicted octanol–water partition coefficient (Wildman–Crippen LogP) is 3.97. The molecule has 2 saturated heterocycles. The number of carbonyl (C=O) groups excluding carboxylic acids is 1. The first-order valence-electron chi connectivity index (χ1n) is 10.6. The molecule has 2 aromatic rings. The number of halogens is 1. The lowest BCUT2D eigenvalue weighted by Gasteiger charge is -2.35. The Morgan fingerprint density at radius 1 is 0.933 bits per heavy atom. The van der Waals surface area contributed by atoms with Gasteiger partial charge in [-0.3, -0.25) is 4.79 Å². The molecule has 0 bridgehead atoms. The zero-order chi connectivity index (χ0) is 21.1. The summed E-state index contributed by atoms with van der Waals surface area (Å²) in [4.78, 5) is 15.3. The summed E-state index contributed by atoms with van der Waals surface area (Å²) in [5, 5.41) is 0.487. The van der Waals surface area contributed by atoms with Crippen LogP contribution in [0.5, 0.6) is 0 Å². The van der Waals surface area contributed by atoms with Crippen LogP contribution in [0.1, 0.15) is 31.2 Å². The Balaban J connectivity index is 1.40. The molecular formula is C23H27ClN2O3S. The number of hydrogen-bond donors (Lipinski definition) is 0. The van der Waals surface area contributed by atoms with Crippen LogP contribution in [0.15, 0.2) is 59.5 Å². The molecule has 0 N–H and O–H groups in total. The highest BCUT2D eigenvalue weighted by molar-refractivity contribution is 7.89. The third-order valence-electron chi connectivity index (χ3n) is 6.20. The maximum Gasteiger partial charge on any atom is 0.243 e. The highest BCUT2D eigenvalue weighted by Crippen LogP contribution is 2.30. The van der Waals surface area contributed by atoms with Gasteiger partial charge in [-0.2, -0.15) is 4.31 Å². The molecule has 160 valence electrons. The highest BCUT2D eigenvalue weighted by atomic mass is 35.5. The average Bonchev–Trinajstić information content (AvgIpc) is 3.26. The number of hydrogen-bond acceptors (Lipinski definition) is 3. The fraction of sp³-hybridized carbons (Fsp3) is 0.435. The molecule has 2 aliphatic heterocycles. The topological polar surface area (TPSA) is 57.7 Å². The van der Waals surface area contributed by atoms with Gasteiger partial charge in [0.15, 0.2) is 0 Å². The monoisotopic (exact) mass is 446 g/mol. The lowest BCUT2D eigenvalue weighted by Crippen LogP contribution is -2.50. The molecule has 2 heterocycles. The quantitative estimate of drug-likeness (QED) is 0.698. The van der Waals surface area contributed by atoms with Crippen LogP contribution in [0.3, 0.4) is 0 Å². The summed E-state index contributed by atoms with van der Waals surface area (Å²) in [6, 6.07) is 16.0. The van der Waals surface area contributed by atoms with E-state index >= 15 is 0 Å². The predicted molar refractivity (Wildman–Crippen MR) is 118 cm³/mol. The smallest absolute Gasteiger partial charge is 0.243 e. The maximum absolute atomic E-state index is 13.2. The molecule has 2 aliphatic rings. The summed E-state index contributed by atoms with van der Waals surface area (Å²) in [6.45, 7) is 1.77. The van der Waals surface area contributed by atoms with Crippen molar-refractivity contribution in [1.29, 1.82) is 0 Å². The zero-order valence-electron chi connectivity index (χ0n) is 16.9. The summed E-state index contributed by atoms with van der Waals surface area (Å²) >= 11 is 5.90. The molecule has 0 aliphatic carbocycles. The van der Waals surface area contributed by atoms with Gasteiger partial charge in [-0.1, -0.05) is 41.9 Å². The lowest BCUT2D eigenvalue weighted by atomic mass is 9.90. The Hall–Kier alpha value is -1.89. The fourth-order valence-electron chi connectivity index (χ4n) is 4.53. The number of piperidine rings is 1. The standard InChI is InChI=1S/C23H27ClN2O3S/c24-20-8-10-21(11-9-20)30(28,29)26-14-4-7-22(26)23(27)25-15-12-19(13-16-25)17-18-5-2-1-3-6-18/h1-3,5-6,8-11,19,22H,4,7,12-17H2. The van der Waals surface area contributed by atoms with Crippen molar-refractivity contribution in [3.63, 3.8) is 0 Å². The normalized spacial score (nSPS) is 21.1.